The van der Waals surface area contributed by atoms with E-state index in [1.807, 2.05) is 4.90 Å². The zero-order valence-electron chi connectivity index (χ0n) is 10.5. The van der Waals surface area contributed by atoms with Crippen molar-refractivity contribution in [2.45, 2.75) is 0 Å². The normalized spacial score (nSPS) is 16.6. The van der Waals surface area contributed by atoms with Gasteiger partial charge < -0.3 is 10.0 Å². The molecule has 1 N–H and O–H groups in total. The number of anilines is 1. The minimum absolute atomic E-state index is 0.0833. The van der Waals surface area contributed by atoms with Crippen molar-refractivity contribution in [3.63, 3.8) is 0 Å². The van der Waals surface area contributed by atoms with Gasteiger partial charge in [-0.1, -0.05) is 11.6 Å². The molecule has 2 rings (SSSR count). The third kappa shape index (κ3) is 3.34. The molecule has 1 fully saturated rings. The van der Waals surface area contributed by atoms with E-state index in [0.29, 0.717) is 30.3 Å². The molecule has 0 spiro atoms. The van der Waals surface area contributed by atoms with Crippen LogP contribution in [0.3, 0.4) is 0 Å². The van der Waals surface area contributed by atoms with Crippen molar-refractivity contribution < 1.29 is 10.0 Å². The summed E-state index contributed by atoms with van der Waals surface area (Å²) < 4.78 is 0. The van der Waals surface area contributed by atoms with Gasteiger partial charge in [0.05, 0.1) is 11.5 Å². The highest BCUT2D eigenvalue weighted by Crippen LogP contribution is 2.31. The first-order valence-electron chi connectivity index (χ1n) is 6.14. The van der Waals surface area contributed by atoms with E-state index >= 15 is 0 Å². The maximum atomic E-state index is 11.0. The van der Waals surface area contributed by atoms with Crippen LogP contribution in [-0.4, -0.2) is 54.3 Å². The summed E-state index contributed by atoms with van der Waals surface area (Å²) in [5.41, 5.74) is 0.654. The third-order valence-electron chi connectivity index (χ3n) is 3.26. The Kier molecular flexibility index (Phi) is 4.57. The number of hydrogen-bond acceptors (Lipinski definition) is 5. The van der Waals surface area contributed by atoms with Crippen molar-refractivity contribution in [2.75, 3.05) is 44.2 Å². The molecule has 0 aliphatic carbocycles. The summed E-state index contributed by atoms with van der Waals surface area (Å²) in [6.45, 7) is 3.74. The number of benzene rings is 1. The SMILES string of the molecule is O=[N+]([O-])c1ccc(Cl)cc1N1CCN(CCO)CC1. The molecule has 0 atom stereocenters. The molecular weight excluding hydrogens is 270 g/mol. The lowest BCUT2D eigenvalue weighted by Crippen LogP contribution is -2.47. The highest BCUT2D eigenvalue weighted by atomic mass is 35.5. The number of nitrogens with zero attached hydrogens (tertiary/aromatic N) is 3. The summed E-state index contributed by atoms with van der Waals surface area (Å²) in [5, 5.41) is 20.4. The monoisotopic (exact) mass is 285 g/mol. The number of piperazine rings is 1. The second-order valence-corrected chi connectivity index (χ2v) is 4.88. The fourth-order valence-corrected chi connectivity index (χ4v) is 2.42. The van der Waals surface area contributed by atoms with Crippen molar-refractivity contribution in [1.82, 2.24) is 4.90 Å². The number of β-amino-alcohol motifs (C(OH)–C–C–N with tert-alkyl or cyclic N) is 1. The van der Waals surface area contributed by atoms with Crippen molar-refractivity contribution in [3.8, 4) is 0 Å². The van der Waals surface area contributed by atoms with Gasteiger partial charge in [0.2, 0.25) is 0 Å². The summed E-state index contributed by atoms with van der Waals surface area (Å²) in [5.74, 6) is 0. The zero-order valence-corrected chi connectivity index (χ0v) is 11.2. The van der Waals surface area contributed by atoms with Gasteiger partial charge in [0.1, 0.15) is 5.69 Å². The van der Waals surface area contributed by atoms with Crippen LogP contribution in [0.5, 0.6) is 0 Å². The van der Waals surface area contributed by atoms with E-state index in [1.54, 1.807) is 6.07 Å². The summed E-state index contributed by atoms with van der Waals surface area (Å²) >= 11 is 5.93. The van der Waals surface area contributed by atoms with Crippen LogP contribution in [0, 0.1) is 10.1 Å². The first kappa shape index (κ1) is 14.0. The third-order valence-corrected chi connectivity index (χ3v) is 3.50. The molecule has 0 saturated carbocycles. The Labute approximate surface area is 116 Å². The van der Waals surface area contributed by atoms with Crippen LogP contribution in [0.2, 0.25) is 5.02 Å². The lowest BCUT2D eigenvalue weighted by molar-refractivity contribution is -0.384. The molecule has 7 heteroatoms. The van der Waals surface area contributed by atoms with Gasteiger partial charge in [-0.15, -0.1) is 0 Å². The molecule has 0 aromatic heterocycles. The number of hydrogen-bond donors (Lipinski definition) is 1. The van der Waals surface area contributed by atoms with Gasteiger partial charge in [-0.3, -0.25) is 15.0 Å². The average molecular weight is 286 g/mol. The van der Waals surface area contributed by atoms with Crippen LogP contribution < -0.4 is 4.90 Å². The smallest absolute Gasteiger partial charge is 0.292 e. The van der Waals surface area contributed by atoms with Gasteiger partial charge in [0, 0.05) is 43.8 Å². The number of nitro groups is 1. The van der Waals surface area contributed by atoms with E-state index in [1.165, 1.54) is 12.1 Å². The van der Waals surface area contributed by atoms with Crippen LogP contribution in [0.25, 0.3) is 0 Å². The van der Waals surface area contributed by atoms with Gasteiger partial charge in [-0.25, -0.2) is 0 Å². The minimum atomic E-state index is -0.383. The molecule has 1 aliphatic heterocycles. The quantitative estimate of drug-likeness (QED) is 0.668. The second-order valence-electron chi connectivity index (χ2n) is 4.44. The molecule has 1 aromatic carbocycles. The molecule has 1 aliphatic rings. The zero-order chi connectivity index (χ0) is 13.8. The Morgan fingerprint density at radius 3 is 2.58 bits per heavy atom. The van der Waals surface area contributed by atoms with Crippen LogP contribution in [0.4, 0.5) is 11.4 Å². The van der Waals surface area contributed by atoms with E-state index < -0.39 is 0 Å². The Bertz CT molecular complexity index is 462. The number of aliphatic hydroxyl groups is 1. The summed E-state index contributed by atoms with van der Waals surface area (Å²) in [6, 6.07) is 4.62. The molecule has 1 saturated heterocycles. The summed E-state index contributed by atoms with van der Waals surface area (Å²) in [7, 11) is 0. The van der Waals surface area contributed by atoms with Gasteiger partial charge in [-0.05, 0) is 12.1 Å². The van der Waals surface area contributed by atoms with Crippen molar-refractivity contribution in [2.24, 2.45) is 0 Å². The summed E-state index contributed by atoms with van der Waals surface area (Å²) in [4.78, 5) is 14.8. The highest BCUT2D eigenvalue weighted by Gasteiger charge is 2.23. The Morgan fingerprint density at radius 1 is 1.32 bits per heavy atom. The molecule has 0 radical (unpaired) electrons. The van der Waals surface area contributed by atoms with Gasteiger partial charge in [0.25, 0.3) is 5.69 Å². The van der Waals surface area contributed by atoms with Crippen LogP contribution in [0.15, 0.2) is 18.2 Å². The number of halogens is 1. The Balaban J connectivity index is 2.14. The van der Waals surface area contributed by atoms with Crippen molar-refractivity contribution in [3.05, 3.63) is 33.3 Å². The molecule has 6 nitrogen and oxygen atoms in total. The molecule has 1 heterocycles. The Hall–Kier alpha value is -1.37. The molecule has 0 amide bonds. The maximum Gasteiger partial charge on any atom is 0.292 e. The number of rotatable bonds is 4. The average Bonchev–Trinajstić information content (AvgIpc) is 2.39. The predicted octanol–water partition coefficient (Wildman–Crippen LogP) is 1.36. The lowest BCUT2D eigenvalue weighted by Gasteiger charge is -2.35. The predicted molar refractivity (Wildman–Crippen MR) is 73.8 cm³/mol. The summed E-state index contributed by atoms with van der Waals surface area (Å²) in [6.07, 6.45) is 0. The van der Waals surface area contributed by atoms with Gasteiger partial charge >= 0.3 is 0 Å². The number of nitro benzene ring substituents is 1. The second kappa shape index (κ2) is 6.18. The molecule has 0 unspecified atom stereocenters. The maximum absolute atomic E-state index is 11.0. The van der Waals surface area contributed by atoms with Gasteiger partial charge in [-0.2, -0.15) is 0 Å². The molecule has 19 heavy (non-hydrogen) atoms. The molecule has 1 aromatic rings. The fourth-order valence-electron chi connectivity index (χ4n) is 2.26. The van der Waals surface area contributed by atoms with E-state index in [2.05, 4.69) is 4.90 Å². The lowest BCUT2D eigenvalue weighted by atomic mass is 10.2. The van der Waals surface area contributed by atoms with Gasteiger partial charge in [0.15, 0.2) is 0 Å². The van der Waals surface area contributed by atoms with Crippen LogP contribution in [0.1, 0.15) is 0 Å². The minimum Gasteiger partial charge on any atom is -0.395 e. The van der Waals surface area contributed by atoms with Crippen LogP contribution >= 0.6 is 11.6 Å². The van der Waals surface area contributed by atoms with E-state index in [9.17, 15) is 10.1 Å². The van der Waals surface area contributed by atoms with E-state index in [-0.39, 0.29) is 17.2 Å². The largest absolute Gasteiger partial charge is 0.395 e. The van der Waals surface area contributed by atoms with Crippen molar-refractivity contribution >= 4 is 23.0 Å². The first-order valence-corrected chi connectivity index (χ1v) is 6.51. The molecular formula is C12H16ClN3O3. The first-order chi connectivity index (χ1) is 9.11. The highest BCUT2D eigenvalue weighted by molar-refractivity contribution is 6.31. The molecule has 0 bridgehead atoms. The Morgan fingerprint density at radius 2 is 2.00 bits per heavy atom. The molecule has 104 valence electrons. The standard InChI is InChI=1S/C12H16ClN3O3/c13-10-1-2-11(16(18)19)12(9-10)15-5-3-14(4-6-15)7-8-17/h1-2,9,17H,3-8H2. The van der Waals surface area contributed by atoms with Crippen LogP contribution in [-0.2, 0) is 0 Å². The fraction of sp³-hybridized carbons (Fsp3) is 0.500. The topological polar surface area (TPSA) is 69.9 Å². The van der Waals surface area contributed by atoms with Crippen molar-refractivity contribution in [1.29, 1.82) is 0 Å². The number of aliphatic hydroxyl groups excluding tert-OH is 1. The van der Waals surface area contributed by atoms with E-state index in [4.69, 9.17) is 16.7 Å². The van der Waals surface area contributed by atoms with E-state index in [0.717, 1.165) is 13.1 Å².